The number of carbonyl (C=O) groups excluding carboxylic acids is 1. The van der Waals surface area contributed by atoms with E-state index in [1.165, 1.54) is 0 Å². The summed E-state index contributed by atoms with van der Waals surface area (Å²) in [6.45, 7) is 1.36. The summed E-state index contributed by atoms with van der Waals surface area (Å²) < 4.78 is 10.9. The molecule has 1 aliphatic heterocycles. The van der Waals surface area contributed by atoms with E-state index in [1.54, 1.807) is 6.07 Å². The van der Waals surface area contributed by atoms with Gasteiger partial charge in [-0.2, -0.15) is 0 Å². The van der Waals surface area contributed by atoms with Gasteiger partial charge in [0.2, 0.25) is 0 Å². The first kappa shape index (κ1) is 13.1. The highest BCUT2D eigenvalue weighted by molar-refractivity contribution is 6.00. The van der Waals surface area contributed by atoms with Gasteiger partial charge in [-0.1, -0.05) is 30.3 Å². The molecule has 20 heavy (non-hydrogen) atoms. The van der Waals surface area contributed by atoms with Crippen LogP contribution in [0, 0.1) is 5.41 Å². The van der Waals surface area contributed by atoms with Crippen molar-refractivity contribution in [3.8, 4) is 5.75 Å². The lowest BCUT2D eigenvalue weighted by molar-refractivity contribution is -0.153. The molecule has 3 rings (SSSR count). The van der Waals surface area contributed by atoms with Gasteiger partial charge in [0.1, 0.15) is 12.4 Å². The third kappa shape index (κ3) is 2.17. The molecule has 1 heterocycles. The van der Waals surface area contributed by atoms with Gasteiger partial charge in [0, 0.05) is 0 Å². The summed E-state index contributed by atoms with van der Waals surface area (Å²) in [4.78, 5) is 11.4. The Balaban J connectivity index is 1.89. The Bertz CT molecular complexity index is 626. The van der Waals surface area contributed by atoms with Crippen molar-refractivity contribution >= 4 is 17.1 Å². The number of benzene rings is 2. The van der Waals surface area contributed by atoms with Crippen LogP contribution in [0.3, 0.4) is 0 Å². The molecule has 4 nitrogen and oxygen atoms in total. The van der Waals surface area contributed by atoms with E-state index in [1.807, 2.05) is 30.3 Å². The number of fused-ring (bicyclic) bond motifs is 1. The highest BCUT2D eigenvalue weighted by Crippen LogP contribution is 2.31. The molecular formula is C16H16O4. The molecule has 0 bridgehead atoms. The number of hydrogen-bond acceptors (Lipinski definition) is 4. The van der Waals surface area contributed by atoms with Gasteiger partial charge in [0.25, 0.3) is 0 Å². The molecule has 0 aliphatic carbocycles. The Morgan fingerprint density at radius 2 is 2.05 bits per heavy atom. The molecule has 0 radical (unpaired) electrons. The maximum atomic E-state index is 11.4. The first-order chi connectivity index (χ1) is 9.78. The second kappa shape index (κ2) is 5.23. The van der Waals surface area contributed by atoms with Crippen LogP contribution in [0.4, 0.5) is 0 Å². The quantitative estimate of drug-likeness (QED) is 0.846. The molecule has 2 aromatic carbocycles. The average Bonchev–Trinajstić information content (AvgIpc) is 2.46. The SMILES string of the molecule is O=Cc1c(OCC2(CO)COC2)ccc2ccccc12. The Morgan fingerprint density at radius 1 is 1.25 bits per heavy atom. The second-order valence-electron chi connectivity index (χ2n) is 5.26. The van der Waals surface area contributed by atoms with Crippen LogP contribution in [0.25, 0.3) is 10.8 Å². The van der Waals surface area contributed by atoms with Crippen LogP contribution >= 0.6 is 0 Å². The number of hydrogen-bond donors (Lipinski definition) is 1. The third-order valence-electron chi connectivity index (χ3n) is 3.73. The van der Waals surface area contributed by atoms with Crippen LogP contribution in [0.5, 0.6) is 5.75 Å². The fourth-order valence-electron chi connectivity index (χ4n) is 2.36. The predicted octanol–water partition coefficient (Wildman–Crippen LogP) is 2.04. The number of rotatable bonds is 5. The minimum atomic E-state index is -0.328. The molecule has 0 atom stereocenters. The largest absolute Gasteiger partial charge is 0.492 e. The Morgan fingerprint density at radius 3 is 2.70 bits per heavy atom. The van der Waals surface area contributed by atoms with Crippen molar-refractivity contribution in [2.24, 2.45) is 5.41 Å². The first-order valence-corrected chi connectivity index (χ1v) is 6.56. The van der Waals surface area contributed by atoms with Crippen molar-refractivity contribution in [1.29, 1.82) is 0 Å². The van der Waals surface area contributed by atoms with E-state index < -0.39 is 0 Å². The van der Waals surface area contributed by atoms with Crippen LogP contribution in [0.1, 0.15) is 10.4 Å². The normalized spacial score (nSPS) is 16.6. The van der Waals surface area contributed by atoms with Crippen molar-refractivity contribution in [3.05, 3.63) is 42.0 Å². The van der Waals surface area contributed by atoms with Gasteiger partial charge in [0.15, 0.2) is 6.29 Å². The minimum Gasteiger partial charge on any atom is -0.492 e. The zero-order valence-corrected chi connectivity index (χ0v) is 11.0. The Labute approximate surface area is 116 Å². The molecule has 2 aromatic rings. The van der Waals surface area contributed by atoms with Crippen molar-refractivity contribution in [2.45, 2.75) is 0 Å². The van der Waals surface area contributed by atoms with E-state index in [2.05, 4.69) is 0 Å². The van der Waals surface area contributed by atoms with Gasteiger partial charge in [-0.3, -0.25) is 4.79 Å². The van der Waals surface area contributed by atoms with E-state index >= 15 is 0 Å². The fraction of sp³-hybridized carbons (Fsp3) is 0.312. The van der Waals surface area contributed by atoms with Gasteiger partial charge in [-0.05, 0) is 16.8 Å². The summed E-state index contributed by atoms with van der Waals surface area (Å²) >= 11 is 0. The van der Waals surface area contributed by atoms with E-state index in [0.29, 0.717) is 31.1 Å². The molecule has 1 aliphatic rings. The molecule has 0 unspecified atom stereocenters. The summed E-state index contributed by atoms with van der Waals surface area (Å²) in [5.74, 6) is 0.554. The maximum absolute atomic E-state index is 11.4. The molecule has 0 saturated carbocycles. The predicted molar refractivity (Wildman–Crippen MR) is 75.2 cm³/mol. The van der Waals surface area contributed by atoms with Gasteiger partial charge < -0.3 is 14.6 Å². The van der Waals surface area contributed by atoms with Gasteiger partial charge in [-0.25, -0.2) is 0 Å². The molecule has 1 fully saturated rings. The zero-order valence-electron chi connectivity index (χ0n) is 11.0. The van der Waals surface area contributed by atoms with Crippen LogP contribution in [-0.2, 0) is 4.74 Å². The number of aliphatic hydroxyl groups is 1. The van der Waals surface area contributed by atoms with Crippen LogP contribution < -0.4 is 4.74 Å². The summed E-state index contributed by atoms with van der Waals surface area (Å²) in [5.41, 5.74) is 0.225. The highest BCUT2D eigenvalue weighted by Gasteiger charge is 2.39. The average molecular weight is 272 g/mol. The smallest absolute Gasteiger partial charge is 0.154 e. The number of aldehydes is 1. The summed E-state index contributed by atoms with van der Waals surface area (Å²) in [6.07, 6.45) is 0.820. The second-order valence-corrected chi connectivity index (χ2v) is 5.26. The monoisotopic (exact) mass is 272 g/mol. The summed E-state index contributed by atoms with van der Waals surface area (Å²) in [7, 11) is 0. The lowest BCUT2D eigenvalue weighted by atomic mass is 9.88. The molecule has 0 aromatic heterocycles. The topological polar surface area (TPSA) is 55.8 Å². The lowest BCUT2D eigenvalue weighted by Crippen LogP contribution is -2.50. The highest BCUT2D eigenvalue weighted by atomic mass is 16.5. The molecule has 104 valence electrons. The number of aliphatic hydroxyl groups excluding tert-OH is 1. The van der Waals surface area contributed by atoms with Crippen molar-refractivity contribution < 1.29 is 19.4 Å². The number of carbonyl (C=O) groups is 1. The first-order valence-electron chi connectivity index (χ1n) is 6.56. The van der Waals surface area contributed by atoms with E-state index in [9.17, 15) is 9.90 Å². The van der Waals surface area contributed by atoms with E-state index in [0.717, 1.165) is 17.1 Å². The van der Waals surface area contributed by atoms with Gasteiger partial charge >= 0.3 is 0 Å². The molecule has 1 N–H and O–H groups in total. The minimum absolute atomic E-state index is 0.0248. The van der Waals surface area contributed by atoms with Crippen LogP contribution in [0.15, 0.2) is 36.4 Å². The third-order valence-corrected chi connectivity index (χ3v) is 3.73. The van der Waals surface area contributed by atoms with Crippen molar-refractivity contribution in [2.75, 3.05) is 26.4 Å². The molecule has 1 saturated heterocycles. The summed E-state index contributed by atoms with van der Waals surface area (Å²) in [5, 5.41) is 11.3. The lowest BCUT2D eigenvalue weighted by Gasteiger charge is -2.39. The molecule has 4 heteroatoms. The fourth-order valence-corrected chi connectivity index (χ4v) is 2.36. The molecule has 0 spiro atoms. The van der Waals surface area contributed by atoms with Crippen molar-refractivity contribution in [1.82, 2.24) is 0 Å². The Kier molecular flexibility index (Phi) is 3.42. The summed E-state index contributed by atoms with van der Waals surface area (Å²) in [6, 6.07) is 11.4. The van der Waals surface area contributed by atoms with Crippen LogP contribution in [-0.4, -0.2) is 37.8 Å². The number of ether oxygens (including phenoxy) is 2. The van der Waals surface area contributed by atoms with E-state index in [4.69, 9.17) is 9.47 Å². The van der Waals surface area contributed by atoms with E-state index in [-0.39, 0.29) is 12.0 Å². The van der Waals surface area contributed by atoms with Gasteiger partial charge in [-0.15, -0.1) is 0 Å². The maximum Gasteiger partial charge on any atom is 0.154 e. The molecular weight excluding hydrogens is 256 g/mol. The van der Waals surface area contributed by atoms with Crippen molar-refractivity contribution in [3.63, 3.8) is 0 Å². The Hall–Kier alpha value is -1.91. The van der Waals surface area contributed by atoms with Crippen LogP contribution in [0.2, 0.25) is 0 Å². The molecule has 0 amide bonds. The zero-order chi connectivity index (χ0) is 14.0. The standard InChI is InChI=1S/C16H16O4/c17-7-14-13-4-2-1-3-12(13)5-6-15(14)20-11-16(8-18)9-19-10-16/h1-7,18H,8-11H2. The van der Waals surface area contributed by atoms with Gasteiger partial charge in [0.05, 0.1) is 30.8 Å².